The number of nitrogens with one attached hydrogen (secondary N) is 1. The van der Waals surface area contributed by atoms with Crippen molar-refractivity contribution in [2.45, 2.75) is 26.3 Å². The van der Waals surface area contributed by atoms with Crippen molar-refractivity contribution in [2.24, 2.45) is 5.92 Å². The summed E-state index contributed by atoms with van der Waals surface area (Å²) >= 11 is 0. The smallest absolute Gasteiger partial charge is 0.225 e. The van der Waals surface area contributed by atoms with Crippen molar-refractivity contribution in [1.29, 1.82) is 0 Å². The molecule has 1 N–H and O–H groups in total. The third-order valence-corrected chi connectivity index (χ3v) is 4.61. The molecule has 0 radical (unpaired) electrons. The molecule has 5 nitrogen and oxygen atoms in total. The lowest BCUT2D eigenvalue weighted by Crippen LogP contribution is -2.37. The van der Waals surface area contributed by atoms with Crippen LogP contribution in [0.4, 0.5) is 0 Å². The van der Waals surface area contributed by atoms with E-state index < -0.39 is 0 Å². The van der Waals surface area contributed by atoms with E-state index in [4.69, 9.17) is 0 Å². The third kappa shape index (κ3) is 4.55. The zero-order chi connectivity index (χ0) is 16.8. The van der Waals surface area contributed by atoms with Crippen LogP contribution in [0.1, 0.15) is 31.9 Å². The summed E-state index contributed by atoms with van der Waals surface area (Å²) < 4.78 is 0. The van der Waals surface area contributed by atoms with Crippen LogP contribution in [0.2, 0.25) is 0 Å². The van der Waals surface area contributed by atoms with Gasteiger partial charge in [-0.05, 0) is 26.1 Å². The molecule has 0 unspecified atom stereocenters. The van der Waals surface area contributed by atoms with Crippen molar-refractivity contribution < 1.29 is 9.59 Å². The van der Waals surface area contributed by atoms with Gasteiger partial charge in [0, 0.05) is 26.1 Å². The van der Waals surface area contributed by atoms with E-state index in [0.717, 1.165) is 18.7 Å². The third-order valence-electron chi connectivity index (χ3n) is 4.61. The quantitative estimate of drug-likeness (QED) is 0.832. The van der Waals surface area contributed by atoms with Gasteiger partial charge in [0.15, 0.2) is 0 Å². The van der Waals surface area contributed by atoms with Crippen molar-refractivity contribution in [1.82, 2.24) is 15.1 Å². The van der Waals surface area contributed by atoms with Crippen LogP contribution in [-0.4, -0.2) is 54.8 Å². The SMILES string of the molecule is CCN(C)CCNC(=O)[C@@H]1CC(=O)N([C@H](C)c2ccccc2)C1. The summed E-state index contributed by atoms with van der Waals surface area (Å²) in [5, 5.41) is 2.95. The Balaban J connectivity index is 1.88. The van der Waals surface area contributed by atoms with E-state index in [9.17, 15) is 9.59 Å². The second-order valence-corrected chi connectivity index (χ2v) is 6.22. The molecule has 1 aromatic carbocycles. The molecule has 0 aromatic heterocycles. The zero-order valence-corrected chi connectivity index (χ0v) is 14.3. The maximum absolute atomic E-state index is 12.3. The maximum Gasteiger partial charge on any atom is 0.225 e. The molecule has 1 aliphatic heterocycles. The number of rotatable bonds is 7. The van der Waals surface area contributed by atoms with Crippen LogP contribution in [0.5, 0.6) is 0 Å². The van der Waals surface area contributed by atoms with Crippen molar-refractivity contribution in [3.8, 4) is 0 Å². The Morgan fingerprint density at radius 2 is 2.09 bits per heavy atom. The summed E-state index contributed by atoms with van der Waals surface area (Å²) in [6, 6.07) is 9.96. The van der Waals surface area contributed by atoms with Gasteiger partial charge in [0.1, 0.15) is 0 Å². The largest absolute Gasteiger partial charge is 0.355 e. The molecule has 1 aromatic rings. The number of likely N-dealkylation sites (tertiary alicyclic amines) is 1. The molecule has 2 atom stereocenters. The number of hydrogen-bond donors (Lipinski definition) is 1. The second-order valence-electron chi connectivity index (χ2n) is 6.22. The highest BCUT2D eigenvalue weighted by molar-refractivity contribution is 5.89. The topological polar surface area (TPSA) is 52.7 Å². The van der Waals surface area contributed by atoms with Crippen LogP contribution in [-0.2, 0) is 9.59 Å². The van der Waals surface area contributed by atoms with Crippen LogP contribution < -0.4 is 5.32 Å². The van der Waals surface area contributed by atoms with E-state index >= 15 is 0 Å². The number of benzene rings is 1. The second kappa shape index (κ2) is 8.11. The monoisotopic (exact) mass is 317 g/mol. The van der Waals surface area contributed by atoms with Crippen molar-refractivity contribution in [3.05, 3.63) is 35.9 Å². The summed E-state index contributed by atoms with van der Waals surface area (Å²) in [4.78, 5) is 28.5. The van der Waals surface area contributed by atoms with Gasteiger partial charge < -0.3 is 15.1 Å². The van der Waals surface area contributed by atoms with E-state index in [2.05, 4.69) is 17.1 Å². The van der Waals surface area contributed by atoms with Gasteiger partial charge in [0.2, 0.25) is 11.8 Å². The van der Waals surface area contributed by atoms with Gasteiger partial charge in [-0.15, -0.1) is 0 Å². The minimum atomic E-state index is -0.236. The lowest BCUT2D eigenvalue weighted by molar-refractivity contribution is -0.130. The molecular formula is C18H27N3O2. The van der Waals surface area contributed by atoms with Crippen LogP contribution in [0.15, 0.2) is 30.3 Å². The van der Waals surface area contributed by atoms with Gasteiger partial charge in [-0.1, -0.05) is 37.3 Å². The molecular weight excluding hydrogens is 290 g/mol. The van der Waals surface area contributed by atoms with Crippen molar-refractivity contribution in [2.75, 3.05) is 33.2 Å². The Morgan fingerprint density at radius 1 is 1.39 bits per heavy atom. The van der Waals surface area contributed by atoms with Gasteiger partial charge in [-0.2, -0.15) is 0 Å². The van der Waals surface area contributed by atoms with Gasteiger partial charge in [0.25, 0.3) is 0 Å². The van der Waals surface area contributed by atoms with E-state index in [1.807, 2.05) is 49.2 Å². The first-order chi connectivity index (χ1) is 11.0. The summed E-state index contributed by atoms with van der Waals surface area (Å²) in [5.74, 6) is -0.182. The molecule has 0 saturated carbocycles. The molecule has 0 spiro atoms. The molecule has 23 heavy (non-hydrogen) atoms. The lowest BCUT2D eigenvalue weighted by atomic mass is 10.1. The highest BCUT2D eigenvalue weighted by Gasteiger charge is 2.36. The van der Waals surface area contributed by atoms with Crippen LogP contribution in [0.3, 0.4) is 0 Å². The van der Waals surface area contributed by atoms with E-state index in [1.54, 1.807) is 0 Å². The van der Waals surface area contributed by atoms with Crippen molar-refractivity contribution in [3.63, 3.8) is 0 Å². The fourth-order valence-electron chi connectivity index (χ4n) is 2.87. The van der Waals surface area contributed by atoms with E-state index in [-0.39, 0.29) is 23.8 Å². The number of hydrogen-bond acceptors (Lipinski definition) is 3. The average Bonchev–Trinajstić information content (AvgIpc) is 2.96. The molecule has 1 heterocycles. The Bertz CT molecular complexity index is 532. The molecule has 5 heteroatoms. The maximum atomic E-state index is 12.3. The lowest BCUT2D eigenvalue weighted by Gasteiger charge is -2.25. The number of likely N-dealkylation sites (N-methyl/N-ethyl adjacent to an activating group) is 1. The first kappa shape index (κ1) is 17.5. The Kier molecular flexibility index (Phi) is 6.16. The number of amides is 2. The number of nitrogens with zero attached hydrogens (tertiary/aromatic N) is 2. The summed E-state index contributed by atoms with van der Waals surface area (Å²) in [7, 11) is 2.02. The first-order valence-corrected chi connectivity index (χ1v) is 8.33. The average molecular weight is 317 g/mol. The standard InChI is InChI=1S/C18H27N3O2/c1-4-20(3)11-10-19-18(23)16-12-17(22)21(13-16)14(2)15-8-6-5-7-9-15/h5-9,14,16H,4,10-13H2,1-3H3,(H,19,23)/t14-,16-/m1/s1. The molecule has 0 bridgehead atoms. The minimum absolute atomic E-state index is 0.00715. The molecule has 2 rings (SSSR count). The predicted molar refractivity (Wildman–Crippen MR) is 90.9 cm³/mol. The summed E-state index contributed by atoms with van der Waals surface area (Å²) in [6.45, 7) is 7.02. The van der Waals surface area contributed by atoms with Crippen LogP contribution in [0, 0.1) is 5.92 Å². The molecule has 0 aliphatic carbocycles. The fraction of sp³-hybridized carbons (Fsp3) is 0.556. The van der Waals surface area contributed by atoms with Gasteiger partial charge in [-0.3, -0.25) is 9.59 Å². The summed E-state index contributed by atoms with van der Waals surface area (Å²) in [5.41, 5.74) is 1.10. The highest BCUT2D eigenvalue weighted by atomic mass is 16.2. The number of carbonyl (C=O) groups is 2. The first-order valence-electron chi connectivity index (χ1n) is 8.33. The Labute approximate surface area is 138 Å². The normalized spacial score (nSPS) is 19.2. The highest BCUT2D eigenvalue weighted by Crippen LogP contribution is 2.28. The summed E-state index contributed by atoms with van der Waals surface area (Å²) in [6.07, 6.45) is 0.312. The van der Waals surface area contributed by atoms with E-state index in [1.165, 1.54) is 0 Å². The predicted octanol–water partition coefficient (Wildman–Crippen LogP) is 1.66. The molecule has 2 amide bonds. The van der Waals surface area contributed by atoms with Gasteiger partial charge in [0.05, 0.1) is 12.0 Å². The molecule has 1 saturated heterocycles. The minimum Gasteiger partial charge on any atom is -0.355 e. The fourth-order valence-corrected chi connectivity index (χ4v) is 2.87. The number of carbonyl (C=O) groups excluding carboxylic acids is 2. The Morgan fingerprint density at radius 3 is 2.74 bits per heavy atom. The van der Waals surface area contributed by atoms with Crippen molar-refractivity contribution >= 4 is 11.8 Å². The zero-order valence-electron chi connectivity index (χ0n) is 14.3. The van der Waals surface area contributed by atoms with E-state index in [0.29, 0.717) is 19.5 Å². The van der Waals surface area contributed by atoms with Crippen LogP contribution in [0.25, 0.3) is 0 Å². The Hall–Kier alpha value is -1.88. The van der Waals surface area contributed by atoms with Gasteiger partial charge >= 0.3 is 0 Å². The molecule has 1 aliphatic rings. The van der Waals surface area contributed by atoms with Gasteiger partial charge in [-0.25, -0.2) is 0 Å². The van der Waals surface area contributed by atoms with Crippen LogP contribution >= 0.6 is 0 Å². The molecule has 126 valence electrons. The molecule has 1 fully saturated rings.